The van der Waals surface area contributed by atoms with Gasteiger partial charge in [-0.3, -0.25) is 0 Å². The van der Waals surface area contributed by atoms with Crippen molar-refractivity contribution in [3.05, 3.63) is 12.7 Å². The SMILES string of the molecule is C=CCC1CC(C)C(CC2CC2C2CCC23C(CC)C3C(C)CC)C1. The lowest BCUT2D eigenvalue weighted by molar-refractivity contribution is 0.0745. The van der Waals surface area contributed by atoms with E-state index in [1.165, 1.54) is 32.1 Å². The van der Waals surface area contributed by atoms with Gasteiger partial charge in [-0.25, -0.2) is 0 Å². The van der Waals surface area contributed by atoms with Gasteiger partial charge in [0, 0.05) is 0 Å². The highest BCUT2D eigenvalue weighted by Crippen LogP contribution is 2.80. The van der Waals surface area contributed by atoms with Crippen molar-refractivity contribution in [2.45, 2.75) is 85.5 Å². The first-order valence-corrected chi connectivity index (χ1v) is 11.7. The van der Waals surface area contributed by atoms with Crippen molar-refractivity contribution < 1.29 is 0 Å². The van der Waals surface area contributed by atoms with Crippen LogP contribution in [0.3, 0.4) is 0 Å². The average Bonchev–Trinajstić information content (AvgIpc) is 3.44. The van der Waals surface area contributed by atoms with E-state index in [2.05, 4.69) is 40.3 Å². The van der Waals surface area contributed by atoms with Crippen molar-refractivity contribution in [1.29, 1.82) is 0 Å². The predicted octanol–water partition coefficient (Wildman–Crippen LogP) is 7.35. The van der Waals surface area contributed by atoms with E-state index in [9.17, 15) is 0 Å². The molecule has 0 nitrogen and oxygen atoms in total. The Labute approximate surface area is 157 Å². The zero-order valence-electron chi connectivity index (χ0n) is 17.3. The van der Waals surface area contributed by atoms with E-state index in [0.29, 0.717) is 0 Å². The minimum absolute atomic E-state index is 0.830. The van der Waals surface area contributed by atoms with Crippen LogP contribution in [0.25, 0.3) is 0 Å². The van der Waals surface area contributed by atoms with E-state index in [0.717, 1.165) is 58.7 Å². The van der Waals surface area contributed by atoms with Gasteiger partial charge in [0.25, 0.3) is 0 Å². The van der Waals surface area contributed by atoms with Crippen LogP contribution >= 0.6 is 0 Å². The van der Waals surface area contributed by atoms with Gasteiger partial charge >= 0.3 is 0 Å². The fourth-order valence-corrected chi connectivity index (χ4v) is 8.17. The van der Waals surface area contributed by atoms with Crippen LogP contribution in [0, 0.1) is 58.7 Å². The monoisotopic (exact) mass is 342 g/mol. The molecule has 10 unspecified atom stereocenters. The van der Waals surface area contributed by atoms with E-state index in [4.69, 9.17) is 0 Å². The van der Waals surface area contributed by atoms with Crippen molar-refractivity contribution in [3.63, 3.8) is 0 Å². The van der Waals surface area contributed by atoms with Gasteiger partial charge < -0.3 is 0 Å². The smallest absolute Gasteiger partial charge is 0.0202 e. The molecule has 10 atom stereocenters. The lowest BCUT2D eigenvalue weighted by Crippen LogP contribution is -2.34. The molecule has 4 fully saturated rings. The van der Waals surface area contributed by atoms with Crippen LogP contribution in [0.15, 0.2) is 12.7 Å². The second-order valence-electron chi connectivity index (χ2n) is 10.7. The van der Waals surface area contributed by atoms with Crippen molar-refractivity contribution in [3.8, 4) is 0 Å². The number of rotatable bonds is 8. The summed E-state index contributed by atoms with van der Waals surface area (Å²) in [5, 5.41) is 0. The van der Waals surface area contributed by atoms with Crippen molar-refractivity contribution >= 4 is 0 Å². The lowest BCUT2D eigenvalue weighted by atomic mass is 9.63. The van der Waals surface area contributed by atoms with Gasteiger partial charge in [-0.2, -0.15) is 0 Å². The largest absolute Gasteiger partial charge is 0.103 e. The van der Waals surface area contributed by atoms with Gasteiger partial charge in [-0.05, 0) is 104 Å². The maximum atomic E-state index is 3.97. The molecule has 4 saturated carbocycles. The third-order valence-corrected chi connectivity index (χ3v) is 9.66. The molecule has 0 bridgehead atoms. The summed E-state index contributed by atoms with van der Waals surface area (Å²) in [5.74, 6) is 9.46. The molecule has 0 amide bonds. The van der Waals surface area contributed by atoms with Crippen LogP contribution < -0.4 is 0 Å². The van der Waals surface area contributed by atoms with E-state index in [-0.39, 0.29) is 0 Å². The highest BCUT2D eigenvalue weighted by atomic mass is 14.8. The highest BCUT2D eigenvalue weighted by molar-refractivity contribution is 5.22. The van der Waals surface area contributed by atoms with Crippen LogP contribution in [-0.4, -0.2) is 0 Å². The standard InChI is InChI=1S/C25H42/c1-6-9-18-12-17(5)19(13-18)14-20-15-21(20)23-10-11-25(23)22(8-3)24(25)16(4)7-2/h6,16-24H,1,7-15H2,2-5H3. The Balaban J connectivity index is 1.33. The Morgan fingerprint density at radius 2 is 1.96 bits per heavy atom. The summed E-state index contributed by atoms with van der Waals surface area (Å²) >= 11 is 0. The molecule has 4 aliphatic carbocycles. The van der Waals surface area contributed by atoms with Crippen LogP contribution in [0.5, 0.6) is 0 Å². The third-order valence-electron chi connectivity index (χ3n) is 9.66. The quantitative estimate of drug-likeness (QED) is 0.404. The van der Waals surface area contributed by atoms with E-state index in [1.807, 2.05) is 0 Å². The molecule has 0 N–H and O–H groups in total. The van der Waals surface area contributed by atoms with Gasteiger partial charge in [-0.1, -0.05) is 46.6 Å². The molecule has 0 saturated heterocycles. The Morgan fingerprint density at radius 3 is 2.56 bits per heavy atom. The number of allylic oxidation sites excluding steroid dienone is 1. The molecule has 0 aromatic carbocycles. The first-order valence-electron chi connectivity index (χ1n) is 11.7. The molecule has 0 aromatic rings. The summed E-state index contributed by atoms with van der Waals surface area (Å²) in [7, 11) is 0. The maximum absolute atomic E-state index is 3.97. The fourth-order valence-electron chi connectivity index (χ4n) is 8.17. The predicted molar refractivity (Wildman–Crippen MR) is 108 cm³/mol. The van der Waals surface area contributed by atoms with E-state index in [1.54, 1.807) is 25.7 Å². The van der Waals surface area contributed by atoms with Gasteiger partial charge in [0.15, 0.2) is 0 Å². The Morgan fingerprint density at radius 1 is 1.16 bits per heavy atom. The molecule has 0 heterocycles. The second kappa shape index (κ2) is 6.72. The first-order chi connectivity index (χ1) is 12.1. The average molecular weight is 343 g/mol. The van der Waals surface area contributed by atoms with Gasteiger partial charge in [0.1, 0.15) is 0 Å². The third kappa shape index (κ3) is 2.85. The summed E-state index contributed by atoms with van der Waals surface area (Å²) in [4.78, 5) is 0. The topological polar surface area (TPSA) is 0 Å². The summed E-state index contributed by atoms with van der Waals surface area (Å²) in [6, 6.07) is 0. The van der Waals surface area contributed by atoms with Gasteiger partial charge in [0.2, 0.25) is 0 Å². The zero-order valence-corrected chi connectivity index (χ0v) is 17.3. The van der Waals surface area contributed by atoms with Crippen molar-refractivity contribution in [1.82, 2.24) is 0 Å². The molecule has 4 aliphatic rings. The Hall–Kier alpha value is -0.260. The van der Waals surface area contributed by atoms with Crippen molar-refractivity contribution in [2.24, 2.45) is 58.7 Å². The van der Waals surface area contributed by atoms with E-state index >= 15 is 0 Å². The maximum Gasteiger partial charge on any atom is -0.0202 e. The minimum atomic E-state index is 0.830. The van der Waals surface area contributed by atoms with Crippen LogP contribution in [0.2, 0.25) is 0 Å². The summed E-state index contributed by atoms with van der Waals surface area (Å²) in [5.41, 5.74) is 0.830. The zero-order chi connectivity index (χ0) is 17.8. The normalized spacial score (nSPS) is 52.0. The minimum Gasteiger partial charge on any atom is -0.103 e. The second-order valence-corrected chi connectivity index (χ2v) is 10.7. The Kier molecular flexibility index (Phi) is 4.87. The molecule has 0 aromatic heterocycles. The Bertz CT molecular complexity index is 492. The molecule has 0 aliphatic heterocycles. The summed E-state index contributed by atoms with van der Waals surface area (Å²) in [6.45, 7) is 13.9. The molecule has 25 heavy (non-hydrogen) atoms. The van der Waals surface area contributed by atoms with Crippen LogP contribution in [-0.2, 0) is 0 Å². The van der Waals surface area contributed by atoms with Gasteiger partial charge in [-0.15, -0.1) is 6.58 Å². The van der Waals surface area contributed by atoms with Crippen LogP contribution in [0.1, 0.15) is 85.5 Å². The molecular weight excluding hydrogens is 300 g/mol. The number of hydrogen-bond acceptors (Lipinski definition) is 0. The number of hydrogen-bond donors (Lipinski definition) is 0. The van der Waals surface area contributed by atoms with E-state index < -0.39 is 0 Å². The van der Waals surface area contributed by atoms with Crippen molar-refractivity contribution in [2.75, 3.05) is 0 Å². The molecule has 142 valence electrons. The molecule has 0 heteroatoms. The first kappa shape index (κ1) is 18.1. The molecule has 0 radical (unpaired) electrons. The summed E-state index contributed by atoms with van der Waals surface area (Å²) in [6.07, 6.45) is 15.5. The molecule has 4 rings (SSSR count). The fraction of sp³-hybridized carbons (Fsp3) is 0.920. The molecular formula is C25H42. The highest BCUT2D eigenvalue weighted by Gasteiger charge is 2.74. The lowest BCUT2D eigenvalue weighted by Gasteiger charge is -2.41. The molecule has 1 spiro atoms. The van der Waals surface area contributed by atoms with Gasteiger partial charge in [0.05, 0.1) is 0 Å². The van der Waals surface area contributed by atoms with Crippen LogP contribution in [0.4, 0.5) is 0 Å². The summed E-state index contributed by atoms with van der Waals surface area (Å²) < 4.78 is 0.